The first-order valence-corrected chi connectivity index (χ1v) is 10.1. The molecule has 1 aliphatic rings. The van der Waals surface area contributed by atoms with E-state index in [9.17, 15) is 4.79 Å². The van der Waals surface area contributed by atoms with Crippen LogP contribution in [0.25, 0.3) is 22.0 Å². The fourth-order valence-corrected chi connectivity index (χ4v) is 3.23. The molecule has 0 bridgehead atoms. The lowest BCUT2D eigenvalue weighted by molar-refractivity contribution is -0.117. The van der Waals surface area contributed by atoms with Crippen molar-refractivity contribution >= 4 is 34.0 Å². The van der Waals surface area contributed by atoms with Crippen LogP contribution in [0, 0.1) is 12.8 Å². The Morgan fingerprint density at radius 3 is 2.65 bits per heavy atom. The molecule has 0 radical (unpaired) electrons. The maximum Gasteiger partial charge on any atom is 0.228 e. The van der Waals surface area contributed by atoms with Crippen LogP contribution in [0.1, 0.15) is 18.4 Å². The fourth-order valence-electron chi connectivity index (χ4n) is 3.23. The van der Waals surface area contributed by atoms with Gasteiger partial charge in [-0.3, -0.25) is 9.48 Å². The SMILES string of the molecule is Cc1c(N)cccc1-c1cc2cc(NC(=O)C3CC3)ncc2c(N)n1.Cn1cccn1. The average Bonchev–Trinajstić information content (AvgIpc) is 3.50. The van der Waals surface area contributed by atoms with E-state index in [2.05, 4.69) is 20.4 Å². The molecular formula is C23H25N7O. The molecule has 1 saturated carbocycles. The zero-order valence-corrected chi connectivity index (χ0v) is 17.5. The number of rotatable bonds is 3. The molecule has 3 heterocycles. The van der Waals surface area contributed by atoms with E-state index < -0.39 is 0 Å². The number of carbonyl (C=O) groups excluding carboxylic acids is 1. The third-order valence-corrected chi connectivity index (χ3v) is 5.23. The van der Waals surface area contributed by atoms with Gasteiger partial charge in [-0.2, -0.15) is 5.10 Å². The molecule has 4 aromatic rings. The number of hydrogen-bond donors (Lipinski definition) is 3. The van der Waals surface area contributed by atoms with Gasteiger partial charge in [0.2, 0.25) is 5.91 Å². The Balaban J connectivity index is 0.000000334. The van der Waals surface area contributed by atoms with Gasteiger partial charge in [-0.05, 0) is 55.0 Å². The second-order valence-corrected chi connectivity index (χ2v) is 7.65. The van der Waals surface area contributed by atoms with E-state index in [0.717, 1.165) is 40.4 Å². The normalized spacial score (nSPS) is 12.8. The molecule has 8 nitrogen and oxygen atoms in total. The van der Waals surface area contributed by atoms with Crippen LogP contribution in [0.2, 0.25) is 0 Å². The molecule has 0 atom stereocenters. The highest BCUT2D eigenvalue weighted by atomic mass is 16.2. The maximum absolute atomic E-state index is 11.9. The van der Waals surface area contributed by atoms with Gasteiger partial charge in [0.15, 0.2) is 0 Å². The van der Waals surface area contributed by atoms with Crippen LogP contribution in [0.5, 0.6) is 0 Å². The summed E-state index contributed by atoms with van der Waals surface area (Å²) in [6.07, 6.45) is 7.19. The molecule has 0 unspecified atom stereocenters. The monoisotopic (exact) mass is 415 g/mol. The van der Waals surface area contributed by atoms with Gasteiger partial charge < -0.3 is 16.8 Å². The highest BCUT2D eigenvalue weighted by molar-refractivity contribution is 5.98. The summed E-state index contributed by atoms with van der Waals surface area (Å²) in [6, 6.07) is 11.4. The lowest BCUT2D eigenvalue weighted by Gasteiger charge is -2.11. The second-order valence-electron chi connectivity index (χ2n) is 7.65. The Kier molecular flexibility index (Phi) is 5.53. The van der Waals surface area contributed by atoms with Gasteiger partial charge in [0, 0.05) is 48.2 Å². The van der Waals surface area contributed by atoms with Gasteiger partial charge in [0.25, 0.3) is 0 Å². The Morgan fingerprint density at radius 2 is 2.00 bits per heavy atom. The lowest BCUT2D eigenvalue weighted by atomic mass is 10.0. The van der Waals surface area contributed by atoms with E-state index in [1.165, 1.54) is 0 Å². The van der Waals surface area contributed by atoms with Crippen molar-refractivity contribution in [1.29, 1.82) is 0 Å². The molecule has 8 heteroatoms. The minimum Gasteiger partial charge on any atom is -0.398 e. The Hall–Kier alpha value is -3.94. The number of aryl methyl sites for hydroxylation is 1. The standard InChI is InChI=1S/C19H19N5O.C4H6N2/c1-10-13(3-2-4-15(10)20)16-7-12-8-17(24-19(25)11-5-6-11)22-9-14(12)18(21)23-16;1-6-4-2-3-5-6/h2-4,7-9,11H,5-6,20H2,1H3,(H2,21,23)(H,22,24,25);2-4H,1H3. The molecule has 5 N–H and O–H groups in total. The van der Waals surface area contributed by atoms with Crippen molar-refractivity contribution in [3.8, 4) is 11.3 Å². The first kappa shape index (κ1) is 20.3. The molecule has 31 heavy (non-hydrogen) atoms. The molecular weight excluding hydrogens is 390 g/mol. The number of benzene rings is 1. The first-order chi connectivity index (χ1) is 14.9. The van der Waals surface area contributed by atoms with Crippen molar-refractivity contribution < 1.29 is 4.79 Å². The van der Waals surface area contributed by atoms with Crippen LogP contribution in [-0.4, -0.2) is 25.7 Å². The zero-order valence-electron chi connectivity index (χ0n) is 17.5. The molecule has 1 aromatic carbocycles. The van der Waals surface area contributed by atoms with Crippen LogP contribution >= 0.6 is 0 Å². The Morgan fingerprint density at radius 1 is 1.19 bits per heavy atom. The van der Waals surface area contributed by atoms with E-state index in [1.54, 1.807) is 17.1 Å². The van der Waals surface area contributed by atoms with Crippen molar-refractivity contribution in [1.82, 2.24) is 19.7 Å². The molecule has 5 rings (SSSR count). The predicted octanol–water partition coefficient (Wildman–Crippen LogP) is 3.54. The number of amides is 1. The highest BCUT2D eigenvalue weighted by Crippen LogP contribution is 2.32. The van der Waals surface area contributed by atoms with Gasteiger partial charge in [-0.1, -0.05) is 12.1 Å². The Labute approximate surface area is 180 Å². The number of fused-ring (bicyclic) bond motifs is 1. The highest BCUT2D eigenvalue weighted by Gasteiger charge is 2.29. The third kappa shape index (κ3) is 4.63. The van der Waals surface area contributed by atoms with Crippen molar-refractivity contribution in [2.45, 2.75) is 19.8 Å². The third-order valence-electron chi connectivity index (χ3n) is 5.23. The van der Waals surface area contributed by atoms with Crippen LogP contribution < -0.4 is 16.8 Å². The van der Waals surface area contributed by atoms with Crippen molar-refractivity contribution in [2.75, 3.05) is 16.8 Å². The summed E-state index contributed by atoms with van der Waals surface area (Å²) in [5.74, 6) is 1.10. The quantitative estimate of drug-likeness (QED) is 0.440. The van der Waals surface area contributed by atoms with Gasteiger partial charge >= 0.3 is 0 Å². The number of carbonyl (C=O) groups is 1. The number of aromatic nitrogens is 4. The number of anilines is 3. The zero-order chi connectivity index (χ0) is 22.0. The van der Waals surface area contributed by atoms with Gasteiger partial charge in [-0.25, -0.2) is 9.97 Å². The molecule has 3 aromatic heterocycles. The number of pyridine rings is 2. The Bertz CT molecular complexity index is 1230. The molecule has 0 saturated heterocycles. The molecule has 158 valence electrons. The average molecular weight is 416 g/mol. The summed E-state index contributed by atoms with van der Waals surface area (Å²) in [5.41, 5.74) is 15.5. The summed E-state index contributed by atoms with van der Waals surface area (Å²) in [7, 11) is 1.89. The van der Waals surface area contributed by atoms with E-state index in [0.29, 0.717) is 17.3 Å². The number of nitrogens with zero attached hydrogens (tertiary/aromatic N) is 4. The lowest BCUT2D eigenvalue weighted by Crippen LogP contribution is -2.14. The van der Waals surface area contributed by atoms with Crippen LogP contribution in [0.4, 0.5) is 17.3 Å². The molecule has 1 amide bonds. The summed E-state index contributed by atoms with van der Waals surface area (Å²) in [6.45, 7) is 1.96. The number of nitrogen functional groups attached to an aromatic ring is 2. The first-order valence-electron chi connectivity index (χ1n) is 10.1. The summed E-state index contributed by atoms with van der Waals surface area (Å²) >= 11 is 0. The van der Waals surface area contributed by atoms with Gasteiger partial charge in [0.1, 0.15) is 11.6 Å². The van der Waals surface area contributed by atoms with E-state index in [1.807, 2.05) is 56.6 Å². The largest absolute Gasteiger partial charge is 0.398 e. The summed E-state index contributed by atoms with van der Waals surface area (Å²) in [5, 5.41) is 8.34. The molecule has 0 aliphatic heterocycles. The fraction of sp³-hybridized carbons (Fsp3) is 0.217. The van der Waals surface area contributed by atoms with Crippen LogP contribution in [-0.2, 0) is 11.8 Å². The van der Waals surface area contributed by atoms with E-state index in [-0.39, 0.29) is 11.8 Å². The molecule has 1 aliphatic carbocycles. The smallest absolute Gasteiger partial charge is 0.228 e. The van der Waals surface area contributed by atoms with Crippen molar-refractivity contribution in [3.05, 3.63) is 60.6 Å². The summed E-state index contributed by atoms with van der Waals surface area (Å²) in [4.78, 5) is 20.7. The number of hydrogen-bond acceptors (Lipinski definition) is 6. The molecule has 0 spiro atoms. The minimum atomic E-state index is 0.0285. The molecule has 1 fully saturated rings. The van der Waals surface area contributed by atoms with Crippen LogP contribution in [0.15, 0.2) is 55.0 Å². The predicted molar refractivity (Wildman–Crippen MR) is 123 cm³/mol. The van der Waals surface area contributed by atoms with Gasteiger partial charge in [-0.15, -0.1) is 0 Å². The van der Waals surface area contributed by atoms with Crippen molar-refractivity contribution in [3.63, 3.8) is 0 Å². The number of nitrogens with one attached hydrogen (secondary N) is 1. The summed E-state index contributed by atoms with van der Waals surface area (Å²) < 4.78 is 1.75. The second kappa shape index (κ2) is 8.43. The van der Waals surface area contributed by atoms with Crippen LogP contribution in [0.3, 0.4) is 0 Å². The van der Waals surface area contributed by atoms with Crippen molar-refractivity contribution in [2.24, 2.45) is 13.0 Å². The maximum atomic E-state index is 11.9. The minimum absolute atomic E-state index is 0.0285. The topological polar surface area (TPSA) is 125 Å². The van der Waals surface area contributed by atoms with Gasteiger partial charge in [0.05, 0.1) is 5.69 Å². The number of nitrogens with two attached hydrogens (primary N) is 2. The van der Waals surface area contributed by atoms with E-state index >= 15 is 0 Å². The van der Waals surface area contributed by atoms with E-state index in [4.69, 9.17) is 11.5 Å².